The minimum Gasteiger partial charge on any atom is -0.341 e. The number of benzene rings is 1. The van der Waals surface area contributed by atoms with Crippen LogP contribution in [0.15, 0.2) is 29.2 Å². The van der Waals surface area contributed by atoms with Crippen LogP contribution in [0.3, 0.4) is 0 Å². The van der Waals surface area contributed by atoms with E-state index in [2.05, 4.69) is 0 Å². The Morgan fingerprint density at radius 3 is 2.42 bits per heavy atom. The Kier molecular flexibility index (Phi) is 7.59. The molecular weight excluding hydrogens is 357 g/mol. The molecule has 1 aromatic rings. The predicted molar refractivity (Wildman–Crippen MR) is 91.9 cm³/mol. The molecule has 2 rings (SSSR count). The van der Waals surface area contributed by atoms with Crippen LogP contribution in [0.1, 0.15) is 19.8 Å². The molecule has 1 aliphatic heterocycles. The summed E-state index contributed by atoms with van der Waals surface area (Å²) >= 11 is 0. The highest BCUT2D eigenvalue weighted by Gasteiger charge is 2.28. The average Bonchev–Trinajstić information content (AvgIpc) is 2.73. The third-order valence-electron chi connectivity index (χ3n) is 3.76. The lowest BCUT2D eigenvalue weighted by Gasteiger charge is -2.22. The van der Waals surface area contributed by atoms with Crippen LogP contribution in [0.25, 0.3) is 0 Å². The number of sulfonamides is 1. The minimum absolute atomic E-state index is 0. The average molecular weight is 380 g/mol. The van der Waals surface area contributed by atoms with E-state index in [1.807, 2.05) is 0 Å². The van der Waals surface area contributed by atoms with Crippen LogP contribution in [0.4, 0.5) is 4.39 Å². The predicted octanol–water partition coefficient (Wildman–Crippen LogP) is 1.21. The Hall–Kier alpha value is -1.22. The number of hydrogen-bond donors (Lipinski definition) is 1. The lowest BCUT2D eigenvalue weighted by atomic mass is 10.2. The minimum atomic E-state index is -3.67. The van der Waals surface area contributed by atoms with Gasteiger partial charge in [0.2, 0.25) is 15.9 Å². The summed E-state index contributed by atoms with van der Waals surface area (Å²) in [6.07, 6.45) is 0.815. The van der Waals surface area contributed by atoms with Gasteiger partial charge in [-0.2, -0.15) is 4.31 Å². The first-order valence-electron chi connectivity index (χ1n) is 7.60. The van der Waals surface area contributed by atoms with E-state index < -0.39 is 15.8 Å². The molecule has 1 aliphatic rings. The van der Waals surface area contributed by atoms with Gasteiger partial charge < -0.3 is 10.6 Å². The van der Waals surface area contributed by atoms with E-state index >= 15 is 0 Å². The number of amides is 1. The Bertz CT molecular complexity index is 652. The van der Waals surface area contributed by atoms with E-state index in [9.17, 15) is 17.6 Å². The van der Waals surface area contributed by atoms with E-state index in [-0.39, 0.29) is 42.2 Å². The molecule has 136 valence electrons. The molecular formula is C15H23ClFN3O3S. The van der Waals surface area contributed by atoms with Gasteiger partial charge in [-0.25, -0.2) is 12.8 Å². The number of halogens is 2. The van der Waals surface area contributed by atoms with E-state index in [1.165, 1.54) is 16.4 Å². The third-order valence-corrected chi connectivity index (χ3v) is 5.67. The number of hydrogen-bond acceptors (Lipinski definition) is 4. The summed E-state index contributed by atoms with van der Waals surface area (Å²) in [5.41, 5.74) is 5.64. The van der Waals surface area contributed by atoms with Crippen molar-refractivity contribution in [3.8, 4) is 0 Å². The first-order chi connectivity index (χ1) is 10.8. The molecule has 0 saturated carbocycles. The maximum atomic E-state index is 13.0. The molecule has 0 aliphatic carbocycles. The normalized spacial score (nSPS) is 17.7. The van der Waals surface area contributed by atoms with E-state index in [0.717, 1.165) is 12.1 Å². The summed E-state index contributed by atoms with van der Waals surface area (Å²) < 4.78 is 39.5. The smallest absolute Gasteiger partial charge is 0.243 e. The zero-order valence-corrected chi connectivity index (χ0v) is 15.2. The molecule has 6 nitrogen and oxygen atoms in total. The van der Waals surface area contributed by atoms with Gasteiger partial charge >= 0.3 is 0 Å². The second kappa shape index (κ2) is 8.75. The van der Waals surface area contributed by atoms with Crippen molar-refractivity contribution in [2.75, 3.05) is 26.2 Å². The Labute approximate surface area is 148 Å². The lowest BCUT2D eigenvalue weighted by molar-refractivity contribution is -0.131. The highest BCUT2D eigenvalue weighted by Crippen LogP contribution is 2.18. The molecule has 1 fully saturated rings. The fourth-order valence-electron chi connectivity index (χ4n) is 2.54. The first kappa shape index (κ1) is 20.8. The Morgan fingerprint density at radius 2 is 1.83 bits per heavy atom. The van der Waals surface area contributed by atoms with Gasteiger partial charge in [0.05, 0.1) is 4.90 Å². The van der Waals surface area contributed by atoms with Gasteiger partial charge in [0.25, 0.3) is 0 Å². The third kappa shape index (κ3) is 5.14. The molecule has 0 radical (unpaired) electrons. The van der Waals surface area contributed by atoms with E-state index in [1.54, 1.807) is 11.8 Å². The quantitative estimate of drug-likeness (QED) is 0.852. The van der Waals surface area contributed by atoms with E-state index in [0.29, 0.717) is 26.1 Å². The molecule has 1 aromatic carbocycles. The topological polar surface area (TPSA) is 83.7 Å². The van der Waals surface area contributed by atoms with Crippen molar-refractivity contribution in [1.29, 1.82) is 0 Å². The fraction of sp³-hybridized carbons (Fsp3) is 0.533. The molecule has 0 bridgehead atoms. The lowest BCUT2D eigenvalue weighted by Crippen LogP contribution is -2.39. The number of nitrogens with two attached hydrogens (primary N) is 1. The molecule has 0 aromatic heterocycles. The van der Waals surface area contributed by atoms with Crippen LogP contribution in [-0.2, 0) is 14.8 Å². The van der Waals surface area contributed by atoms with E-state index in [4.69, 9.17) is 5.73 Å². The highest BCUT2D eigenvalue weighted by atomic mass is 35.5. The molecule has 1 heterocycles. The molecule has 0 spiro atoms. The van der Waals surface area contributed by atoms with Gasteiger partial charge in [-0.1, -0.05) is 0 Å². The molecule has 1 amide bonds. The highest BCUT2D eigenvalue weighted by molar-refractivity contribution is 7.89. The molecule has 1 saturated heterocycles. The van der Waals surface area contributed by atoms with Crippen LogP contribution >= 0.6 is 12.4 Å². The van der Waals surface area contributed by atoms with Crippen LogP contribution < -0.4 is 5.73 Å². The van der Waals surface area contributed by atoms with Crippen LogP contribution in [0.2, 0.25) is 0 Å². The summed E-state index contributed by atoms with van der Waals surface area (Å²) in [5.74, 6) is -0.534. The molecule has 24 heavy (non-hydrogen) atoms. The molecule has 2 N–H and O–H groups in total. The van der Waals surface area contributed by atoms with Crippen molar-refractivity contribution >= 4 is 28.3 Å². The maximum absolute atomic E-state index is 13.0. The van der Waals surface area contributed by atoms with Crippen LogP contribution in [0.5, 0.6) is 0 Å². The molecule has 1 atom stereocenters. The summed E-state index contributed by atoms with van der Waals surface area (Å²) in [6.45, 7) is 3.18. The number of nitrogens with zero attached hydrogens (tertiary/aromatic N) is 2. The molecule has 1 unspecified atom stereocenters. The van der Waals surface area contributed by atoms with Gasteiger partial charge in [-0.05, 0) is 37.6 Å². The fourth-order valence-corrected chi connectivity index (χ4v) is 4.01. The van der Waals surface area contributed by atoms with Crippen molar-refractivity contribution in [1.82, 2.24) is 9.21 Å². The van der Waals surface area contributed by atoms with Gasteiger partial charge in [-0.3, -0.25) is 4.79 Å². The van der Waals surface area contributed by atoms with Crippen molar-refractivity contribution in [2.24, 2.45) is 5.73 Å². The summed E-state index contributed by atoms with van der Waals surface area (Å²) in [5, 5.41) is 0. The van der Waals surface area contributed by atoms with Crippen LogP contribution in [-0.4, -0.2) is 55.8 Å². The summed E-state index contributed by atoms with van der Waals surface area (Å²) in [6, 6.07) is 4.56. The SMILES string of the molecule is CC(N)CC(=O)N1CCCN(S(=O)(=O)c2ccc(F)cc2)CC1.Cl. The zero-order chi connectivity index (χ0) is 17.0. The standard InChI is InChI=1S/C15H22FN3O3S.ClH/c1-12(17)11-15(20)18-7-2-8-19(10-9-18)23(21,22)14-5-3-13(16)4-6-14;/h3-6,12H,2,7-11,17H2,1H3;1H. The van der Waals surface area contributed by atoms with Gasteiger partial charge in [0, 0.05) is 38.6 Å². The van der Waals surface area contributed by atoms with Crippen molar-refractivity contribution in [3.05, 3.63) is 30.1 Å². The zero-order valence-electron chi connectivity index (χ0n) is 13.5. The second-order valence-electron chi connectivity index (χ2n) is 5.77. The van der Waals surface area contributed by atoms with Crippen molar-refractivity contribution in [2.45, 2.75) is 30.7 Å². The van der Waals surface area contributed by atoms with Gasteiger partial charge in [-0.15, -0.1) is 12.4 Å². The maximum Gasteiger partial charge on any atom is 0.243 e. The number of carbonyl (C=O) groups excluding carboxylic acids is 1. The van der Waals surface area contributed by atoms with Crippen LogP contribution in [0, 0.1) is 5.82 Å². The Balaban J connectivity index is 0.00000288. The summed E-state index contributed by atoms with van der Waals surface area (Å²) in [4.78, 5) is 13.8. The second-order valence-corrected chi connectivity index (χ2v) is 7.71. The largest absolute Gasteiger partial charge is 0.341 e. The van der Waals surface area contributed by atoms with Crippen molar-refractivity contribution < 1.29 is 17.6 Å². The number of rotatable bonds is 4. The summed E-state index contributed by atoms with van der Waals surface area (Å²) in [7, 11) is -3.67. The van der Waals surface area contributed by atoms with Crippen molar-refractivity contribution in [3.63, 3.8) is 0 Å². The Morgan fingerprint density at radius 1 is 1.21 bits per heavy atom. The molecule has 9 heteroatoms. The number of carbonyl (C=O) groups is 1. The van der Waals surface area contributed by atoms with Gasteiger partial charge in [0.15, 0.2) is 0 Å². The monoisotopic (exact) mass is 379 g/mol. The first-order valence-corrected chi connectivity index (χ1v) is 9.04. The van der Waals surface area contributed by atoms with Gasteiger partial charge in [0.1, 0.15) is 5.82 Å².